The smallest absolute Gasteiger partial charge is 0.306 e. The molecule has 1 aromatic carbocycles. The van der Waals surface area contributed by atoms with Crippen molar-refractivity contribution >= 4 is 11.9 Å². The molecule has 0 aliphatic heterocycles. The highest BCUT2D eigenvalue weighted by Gasteiger charge is 2.23. The molecule has 1 amide bonds. The topological polar surface area (TPSA) is 73.9 Å². The number of hydrogen-bond donors (Lipinski definition) is 1. The monoisotopic (exact) mass is 377 g/mol. The number of para-hydroxylation sites is 2. The summed E-state index contributed by atoms with van der Waals surface area (Å²) in [4.78, 5) is 23.8. The number of ether oxygens (including phenoxy) is 3. The summed E-state index contributed by atoms with van der Waals surface area (Å²) in [6.07, 6.45) is 5.23. The van der Waals surface area contributed by atoms with Crippen molar-refractivity contribution < 1.29 is 23.8 Å². The van der Waals surface area contributed by atoms with Gasteiger partial charge in [-0.3, -0.25) is 9.59 Å². The predicted molar refractivity (Wildman–Crippen MR) is 103 cm³/mol. The summed E-state index contributed by atoms with van der Waals surface area (Å²) in [6, 6.07) is 7.63. The minimum atomic E-state index is -0.386. The molecule has 0 bridgehead atoms. The first kappa shape index (κ1) is 21.1. The predicted octanol–water partition coefficient (Wildman–Crippen LogP) is 3.48. The first-order valence-corrected chi connectivity index (χ1v) is 9.89. The molecule has 1 N–H and O–H groups in total. The number of hydrogen-bond acceptors (Lipinski definition) is 5. The van der Waals surface area contributed by atoms with Crippen LogP contribution in [-0.4, -0.2) is 37.7 Å². The largest absolute Gasteiger partial charge is 0.490 e. The molecule has 2 rings (SSSR count). The lowest BCUT2D eigenvalue weighted by molar-refractivity contribution is -0.149. The molecule has 1 aliphatic rings. The molecule has 27 heavy (non-hydrogen) atoms. The lowest BCUT2D eigenvalue weighted by Gasteiger charge is -2.29. The van der Waals surface area contributed by atoms with E-state index in [0.717, 1.165) is 19.3 Å². The van der Waals surface area contributed by atoms with E-state index < -0.39 is 0 Å². The maximum Gasteiger partial charge on any atom is 0.306 e. The van der Waals surface area contributed by atoms with Crippen LogP contribution >= 0.6 is 0 Å². The fourth-order valence-electron chi connectivity index (χ4n) is 3.24. The minimum absolute atomic E-state index is 0.198. The third-order valence-corrected chi connectivity index (χ3v) is 4.75. The van der Waals surface area contributed by atoms with Gasteiger partial charge < -0.3 is 19.5 Å². The summed E-state index contributed by atoms with van der Waals surface area (Å²) >= 11 is 0. The SMILES string of the molecule is CCOc1ccccc1OCCCC(=O)OCC(=O)N[C@@H]1CCCC[C@H]1C. The lowest BCUT2D eigenvalue weighted by atomic mass is 9.86. The van der Waals surface area contributed by atoms with E-state index in [1.807, 2.05) is 31.2 Å². The van der Waals surface area contributed by atoms with Gasteiger partial charge in [-0.2, -0.15) is 0 Å². The Morgan fingerprint density at radius 1 is 1.11 bits per heavy atom. The highest BCUT2D eigenvalue weighted by atomic mass is 16.5. The molecule has 0 radical (unpaired) electrons. The van der Waals surface area contributed by atoms with E-state index in [1.54, 1.807) is 0 Å². The minimum Gasteiger partial charge on any atom is -0.490 e. The third-order valence-electron chi connectivity index (χ3n) is 4.75. The highest BCUT2D eigenvalue weighted by molar-refractivity contribution is 5.80. The zero-order valence-electron chi connectivity index (χ0n) is 16.4. The van der Waals surface area contributed by atoms with Crippen LogP contribution in [0.15, 0.2) is 24.3 Å². The second kappa shape index (κ2) is 11.5. The number of benzene rings is 1. The van der Waals surface area contributed by atoms with Gasteiger partial charge in [-0.05, 0) is 44.2 Å². The summed E-state index contributed by atoms with van der Waals surface area (Å²) < 4.78 is 16.2. The Labute approximate surface area is 161 Å². The lowest BCUT2D eigenvalue weighted by Crippen LogP contribution is -2.42. The van der Waals surface area contributed by atoms with Gasteiger partial charge in [-0.1, -0.05) is 31.9 Å². The Hall–Kier alpha value is -2.24. The fraction of sp³-hybridized carbons (Fsp3) is 0.619. The molecule has 1 fully saturated rings. The molecule has 0 spiro atoms. The average molecular weight is 377 g/mol. The maximum atomic E-state index is 11.9. The van der Waals surface area contributed by atoms with Crippen LogP contribution in [0, 0.1) is 5.92 Å². The summed E-state index contributed by atoms with van der Waals surface area (Å²) in [5, 5.41) is 2.98. The zero-order valence-corrected chi connectivity index (χ0v) is 16.4. The molecule has 2 atom stereocenters. The fourth-order valence-corrected chi connectivity index (χ4v) is 3.24. The molecule has 150 valence electrons. The number of rotatable bonds is 10. The van der Waals surface area contributed by atoms with Crippen molar-refractivity contribution in [1.29, 1.82) is 0 Å². The van der Waals surface area contributed by atoms with E-state index in [-0.39, 0.29) is 30.9 Å². The van der Waals surface area contributed by atoms with Gasteiger partial charge in [0.1, 0.15) is 0 Å². The summed E-state index contributed by atoms with van der Waals surface area (Å²) in [6.45, 7) is 4.80. The Kier molecular flexibility index (Phi) is 8.95. The van der Waals surface area contributed by atoms with Gasteiger partial charge in [0.25, 0.3) is 5.91 Å². The number of amides is 1. The van der Waals surface area contributed by atoms with Crippen molar-refractivity contribution in [2.24, 2.45) is 5.92 Å². The first-order valence-electron chi connectivity index (χ1n) is 9.89. The van der Waals surface area contributed by atoms with Gasteiger partial charge in [0.05, 0.1) is 13.2 Å². The van der Waals surface area contributed by atoms with Crippen LogP contribution in [0.4, 0.5) is 0 Å². The molecule has 0 unspecified atom stereocenters. The maximum absolute atomic E-state index is 11.9. The van der Waals surface area contributed by atoms with Crippen LogP contribution < -0.4 is 14.8 Å². The van der Waals surface area contributed by atoms with Gasteiger partial charge in [0.15, 0.2) is 18.1 Å². The molecule has 6 nitrogen and oxygen atoms in total. The quantitative estimate of drug-likeness (QED) is 0.499. The van der Waals surface area contributed by atoms with Gasteiger partial charge in [-0.25, -0.2) is 0 Å². The molecule has 0 heterocycles. The Bertz CT molecular complexity index is 604. The third kappa shape index (κ3) is 7.49. The zero-order chi connectivity index (χ0) is 19.5. The van der Waals surface area contributed by atoms with Crippen molar-refractivity contribution in [2.75, 3.05) is 19.8 Å². The van der Waals surface area contributed by atoms with E-state index in [0.29, 0.717) is 37.1 Å². The van der Waals surface area contributed by atoms with Crippen molar-refractivity contribution in [1.82, 2.24) is 5.32 Å². The molecule has 1 aromatic rings. The Balaban J connectivity index is 1.60. The van der Waals surface area contributed by atoms with Crippen molar-refractivity contribution in [2.45, 2.75) is 58.4 Å². The van der Waals surface area contributed by atoms with Crippen molar-refractivity contribution in [3.63, 3.8) is 0 Å². The number of carbonyl (C=O) groups excluding carboxylic acids is 2. The molecule has 1 aliphatic carbocycles. The van der Waals surface area contributed by atoms with E-state index in [4.69, 9.17) is 14.2 Å². The summed E-state index contributed by atoms with van der Waals surface area (Å²) in [7, 11) is 0. The van der Waals surface area contributed by atoms with Gasteiger partial charge in [-0.15, -0.1) is 0 Å². The Morgan fingerprint density at radius 2 is 1.81 bits per heavy atom. The van der Waals surface area contributed by atoms with E-state index in [1.165, 1.54) is 6.42 Å². The molecule has 0 aromatic heterocycles. The van der Waals surface area contributed by atoms with Crippen LogP contribution in [0.25, 0.3) is 0 Å². The summed E-state index contributed by atoms with van der Waals surface area (Å²) in [5.74, 6) is 1.23. The molecule has 1 saturated carbocycles. The van der Waals surface area contributed by atoms with E-state index in [9.17, 15) is 9.59 Å². The average Bonchev–Trinajstić information content (AvgIpc) is 2.67. The van der Waals surface area contributed by atoms with Gasteiger partial charge in [0, 0.05) is 12.5 Å². The van der Waals surface area contributed by atoms with E-state index >= 15 is 0 Å². The van der Waals surface area contributed by atoms with Crippen LogP contribution in [0.3, 0.4) is 0 Å². The molecular formula is C21H31NO5. The molecule has 0 saturated heterocycles. The van der Waals surface area contributed by atoms with Crippen molar-refractivity contribution in [3.05, 3.63) is 24.3 Å². The van der Waals surface area contributed by atoms with Gasteiger partial charge >= 0.3 is 5.97 Å². The number of esters is 1. The van der Waals surface area contributed by atoms with Crippen LogP contribution in [0.1, 0.15) is 52.4 Å². The van der Waals surface area contributed by atoms with Crippen LogP contribution in [0.5, 0.6) is 11.5 Å². The number of carbonyl (C=O) groups is 2. The molecular weight excluding hydrogens is 346 g/mol. The van der Waals surface area contributed by atoms with Crippen LogP contribution in [0.2, 0.25) is 0 Å². The molecule has 6 heteroatoms. The van der Waals surface area contributed by atoms with Crippen molar-refractivity contribution in [3.8, 4) is 11.5 Å². The normalized spacial score (nSPS) is 19.2. The number of nitrogens with one attached hydrogen (secondary N) is 1. The summed E-state index contributed by atoms with van der Waals surface area (Å²) in [5.41, 5.74) is 0. The second-order valence-electron chi connectivity index (χ2n) is 6.93. The van der Waals surface area contributed by atoms with E-state index in [2.05, 4.69) is 12.2 Å². The standard InChI is InChI=1S/C21H31NO5/c1-3-25-18-11-6-7-12-19(18)26-14-8-13-21(24)27-15-20(23)22-17-10-5-4-9-16(17)2/h6-7,11-12,16-17H,3-5,8-10,13-15H2,1-2H3,(H,22,23)/t16-,17-/m1/s1. The second-order valence-corrected chi connectivity index (χ2v) is 6.93. The van der Waals surface area contributed by atoms with Crippen LogP contribution in [-0.2, 0) is 14.3 Å². The Morgan fingerprint density at radius 3 is 2.52 bits per heavy atom. The highest BCUT2D eigenvalue weighted by Crippen LogP contribution is 2.26. The first-order chi connectivity index (χ1) is 13.1. The van der Waals surface area contributed by atoms with Gasteiger partial charge in [0.2, 0.25) is 0 Å².